The number of rotatable bonds is 4. The summed E-state index contributed by atoms with van der Waals surface area (Å²) in [6.45, 7) is 2.05. The highest BCUT2D eigenvalue weighted by molar-refractivity contribution is 6.39. The fourth-order valence-corrected chi connectivity index (χ4v) is 2.70. The van der Waals surface area contributed by atoms with E-state index < -0.39 is 17.9 Å². The highest BCUT2D eigenvalue weighted by atomic mass is 16.5. The van der Waals surface area contributed by atoms with E-state index in [9.17, 15) is 9.59 Å². The lowest BCUT2D eigenvalue weighted by atomic mass is 9.94. The van der Waals surface area contributed by atoms with E-state index in [0.29, 0.717) is 22.7 Å². The van der Waals surface area contributed by atoms with Gasteiger partial charge in [0, 0.05) is 11.8 Å². The Morgan fingerprint density at radius 2 is 1.92 bits per heavy atom. The lowest BCUT2D eigenvalue weighted by Crippen LogP contribution is -2.22. The molecule has 2 aromatic rings. The molecule has 1 heterocycles. The predicted octanol–water partition coefficient (Wildman–Crippen LogP) is 3.31. The second-order valence-corrected chi connectivity index (χ2v) is 5.96. The Morgan fingerprint density at radius 1 is 1.19 bits per heavy atom. The van der Waals surface area contributed by atoms with Gasteiger partial charge in [0.2, 0.25) is 0 Å². The molecule has 0 saturated carbocycles. The summed E-state index contributed by atoms with van der Waals surface area (Å²) in [5.41, 5.74) is 2.71. The number of carbonyl (C=O) groups excluding carboxylic acids is 2. The van der Waals surface area contributed by atoms with E-state index in [4.69, 9.17) is 14.9 Å². The number of cyclic esters (lactones) is 1. The van der Waals surface area contributed by atoms with Crippen molar-refractivity contribution in [1.82, 2.24) is 0 Å². The maximum atomic E-state index is 12.4. The van der Waals surface area contributed by atoms with Gasteiger partial charge < -0.3 is 20.1 Å². The van der Waals surface area contributed by atoms with E-state index in [0.717, 1.165) is 5.56 Å². The SMILES string of the molecule is COc1ccc([C@@H]2COC(=O)C2=N)c(NC(=O)Nc2ccc(C)cc2)c1. The van der Waals surface area contributed by atoms with Gasteiger partial charge in [0.15, 0.2) is 0 Å². The van der Waals surface area contributed by atoms with Gasteiger partial charge in [-0.15, -0.1) is 0 Å². The van der Waals surface area contributed by atoms with Crippen molar-refractivity contribution in [3.8, 4) is 5.75 Å². The summed E-state index contributed by atoms with van der Waals surface area (Å²) in [5.74, 6) is -0.611. The van der Waals surface area contributed by atoms with Gasteiger partial charge in [-0.3, -0.25) is 5.41 Å². The maximum Gasteiger partial charge on any atom is 0.352 e. The van der Waals surface area contributed by atoms with Crippen molar-refractivity contribution in [2.24, 2.45) is 0 Å². The van der Waals surface area contributed by atoms with E-state index >= 15 is 0 Å². The number of hydrogen-bond donors (Lipinski definition) is 3. The second kappa shape index (κ2) is 7.26. The number of benzene rings is 2. The molecule has 1 atom stereocenters. The topological polar surface area (TPSA) is 101 Å². The first-order valence-corrected chi connectivity index (χ1v) is 8.06. The van der Waals surface area contributed by atoms with Gasteiger partial charge in [-0.1, -0.05) is 23.8 Å². The molecular formula is C19H19N3O4. The fraction of sp³-hybridized carbons (Fsp3) is 0.211. The number of hydrogen-bond acceptors (Lipinski definition) is 5. The van der Waals surface area contributed by atoms with Crippen LogP contribution in [0.15, 0.2) is 42.5 Å². The van der Waals surface area contributed by atoms with Crippen molar-refractivity contribution < 1.29 is 19.1 Å². The number of esters is 1. The lowest BCUT2D eigenvalue weighted by molar-refractivity contribution is -0.132. The van der Waals surface area contributed by atoms with Gasteiger partial charge in [0.05, 0.1) is 18.7 Å². The van der Waals surface area contributed by atoms with Crippen LogP contribution in [0.25, 0.3) is 0 Å². The number of anilines is 2. The third-order valence-electron chi connectivity index (χ3n) is 4.14. The first-order valence-electron chi connectivity index (χ1n) is 8.06. The summed E-state index contributed by atoms with van der Waals surface area (Å²) in [6.07, 6.45) is 0. The Balaban J connectivity index is 1.83. The van der Waals surface area contributed by atoms with E-state index in [1.54, 1.807) is 30.3 Å². The van der Waals surface area contributed by atoms with E-state index in [1.165, 1.54) is 7.11 Å². The van der Waals surface area contributed by atoms with Crippen LogP contribution in [-0.2, 0) is 9.53 Å². The van der Waals surface area contributed by atoms with Crippen molar-refractivity contribution in [3.63, 3.8) is 0 Å². The van der Waals surface area contributed by atoms with Crippen LogP contribution in [0.3, 0.4) is 0 Å². The zero-order chi connectivity index (χ0) is 18.7. The van der Waals surface area contributed by atoms with Crippen LogP contribution in [0.1, 0.15) is 17.0 Å². The first-order chi connectivity index (χ1) is 12.5. The largest absolute Gasteiger partial charge is 0.497 e. The van der Waals surface area contributed by atoms with Crippen LogP contribution < -0.4 is 15.4 Å². The monoisotopic (exact) mass is 353 g/mol. The molecule has 1 aliphatic heterocycles. The summed E-state index contributed by atoms with van der Waals surface area (Å²) < 4.78 is 10.1. The minimum atomic E-state index is -0.638. The Kier molecular flexibility index (Phi) is 4.88. The van der Waals surface area contributed by atoms with Gasteiger partial charge in [0.25, 0.3) is 0 Å². The summed E-state index contributed by atoms with van der Waals surface area (Å²) >= 11 is 0. The minimum Gasteiger partial charge on any atom is -0.497 e. The van der Waals surface area contributed by atoms with Gasteiger partial charge in [0.1, 0.15) is 18.1 Å². The van der Waals surface area contributed by atoms with Gasteiger partial charge in [-0.25, -0.2) is 9.59 Å². The highest BCUT2D eigenvalue weighted by Crippen LogP contribution is 2.32. The molecule has 0 aromatic heterocycles. The van der Waals surface area contributed by atoms with Crippen LogP contribution in [0.2, 0.25) is 0 Å². The third-order valence-corrected chi connectivity index (χ3v) is 4.14. The summed E-state index contributed by atoms with van der Waals surface area (Å²) in [5, 5.41) is 13.4. The Labute approximate surface area is 150 Å². The lowest BCUT2D eigenvalue weighted by Gasteiger charge is -2.16. The summed E-state index contributed by atoms with van der Waals surface area (Å²) in [4.78, 5) is 23.9. The molecule has 1 fully saturated rings. The maximum absolute atomic E-state index is 12.4. The Morgan fingerprint density at radius 3 is 2.54 bits per heavy atom. The summed E-state index contributed by atoms with van der Waals surface area (Å²) in [6, 6.07) is 12.1. The smallest absolute Gasteiger partial charge is 0.352 e. The quantitative estimate of drug-likeness (QED) is 0.734. The summed E-state index contributed by atoms with van der Waals surface area (Å²) in [7, 11) is 1.52. The van der Waals surface area contributed by atoms with E-state index in [2.05, 4.69) is 10.6 Å². The Bertz CT molecular complexity index is 862. The number of ether oxygens (including phenoxy) is 2. The van der Waals surface area contributed by atoms with Crippen LogP contribution in [0.4, 0.5) is 16.2 Å². The van der Waals surface area contributed by atoms with Gasteiger partial charge in [-0.05, 0) is 30.7 Å². The standard InChI is InChI=1S/C19H19N3O4/c1-11-3-5-12(6-4-11)21-19(24)22-16-9-13(25-2)7-8-14(16)15-10-26-18(23)17(15)20/h3-9,15,20H,10H2,1-2H3,(H2,21,22,24)/t15-/m0/s1. The number of carbonyl (C=O) groups is 2. The van der Waals surface area contributed by atoms with E-state index in [1.807, 2.05) is 19.1 Å². The number of nitrogens with one attached hydrogen (secondary N) is 3. The van der Waals surface area contributed by atoms with Gasteiger partial charge in [-0.2, -0.15) is 0 Å². The normalized spacial score (nSPS) is 16.2. The molecule has 7 heteroatoms. The second-order valence-electron chi connectivity index (χ2n) is 5.96. The van der Waals surface area contributed by atoms with Crippen molar-refractivity contribution in [3.05, 3.63) is 53.6 Å². The highest BCUT2D eigenvalue weighted by Gasteiger charge is 2.34. The van der Waals surface area contributed by atoms with Crippen molar-refractivity contribution in [1.29, 1.82) is 5.41 Å². The molecule has 0 unspecified atom stereocenters. The number of amides is 2. The van der Waals surface area contributed by atoms with Crippen LogP contribution in [-0.4, -0.2) is 31.4 Å². The molecule has 2 aromatic carbocycles. The molecule has 0 bridgehead atoms. The van der Waals surface area contributed by atoms with Crippen molar-refractivity contribution in [2.75, 3.05) is 24.4 Å². The molecule has 0 spiro atoms. The zero-order valence-electron chi connectivity index (χ0n) is 14.5. The molecule has 26 heavy (non-hydrogen) atoms. The number of methoxy groups -OCH3 is 1. The molecule has 1 saturated heterocycles. The molecule has 7 nitrogen and oxygen atoms in total. The van der Waals surface area contributed by atoms with Gasteiger partial charge >= 0.3 is 12.0 Å². The average molecular weight is 353 g/mol. The first kappa shape index (κ1) is 17.5. The predicted molar refractivity (Wildman–Crippen MR) is 98.2 cm³/mol. The van der Waals surface area contributed by atoms with Crippen LogP contribution >= 0.6 is 0 Å². The molecule has 0 radical (unpaired) electrons. The average Bonchev–Trinajstić information content (AvgIpc) is 2.96. The minimum absolute atomic E-state index is 0.0816. The number of urea groups is 1. The molecule has 3 N–H and O–H groups in total. The number of aryl methyl sites for hydroxylation is 1. The third kappa shape index (κ3) is 3.66. The molecule has 134 valence electrons. The molecule has 3 rings (SSSR count). The van der Waals surface area contributed by atoms with Crippen LogP contribution in [0.5, 0.6) is 5.75 Å². The molecule has 1 aliphatic rings. The van der Waals surface area contributed by atoms with Crippen LogP contribution in [0, 0.1) is 12.3 Å². The Hall–Kier alpha value is -3.35. The molecular weight excluding hydrogens is 334 g/mol. The van der Waals surface area contributed by atoms with E-state index in [-0.39, 0.29) is 12.3 Å². The molecule has 0 aliphatic carbocycles. The molecule has 2 amide bonds. The van der Waals surface area contributed by atoms with Crippen molar-refractivity contribution >= 4 is 29.1 Å². The zero-order valence-corrected chi connectivity index (χ0v) is 14.5. The fourth-order valence-electron chi connectivity index (χ4n) is 2.70. The van der Waals surface area contributed by atoms with Crippen molar-refractivity contribution in [2.45, 2.75) is 12.8 Å².